The largest absolute Gasteiger partial charge is 0.446 e. The average Bonchev–Trinajstić information content (AvgIpc) is 2.85. The minimum absolute atomic E-state index is 0.0781. The van der Waals surface area contributed by atoms with E-state index in [0.717, 1.165) is 6.42 Å². The van der Waals surface area contributed by atoms with Crippen molar-refractivity contribution in [1.29, 1.82) is 0 Å². The first-order valence-electron chi connectivity index (χ1n) is 5.24. The molecular formula is C10H15NO4S. The van der Waals surface area contributed by atoms with Gasteiger partial charge in [0.05, 0.1) is 0 Å². The van der Waals surface area contributed by atoms with Gasteiger partial charge < -0.3 is 9.52 Å². The molecule has 0 amide bonds. The molecule has 5 nitrogen and oxygen atoms in total. The van der Waals surface area contributed by atoms with Crippen molar-refractivity contribution >= 4 is 10.0 Å². The van der Waals surface area contributed by atoms with Crippen LogP contribution in [0, 0.1) is 5.92 Å². The monoisotopic (exact) mass is 245 g/mol. The highest BCUT2D eigenvalue weighted by atomic mass is 32.2. The molecule has 1 fully saturated rings. The van der Waals surface area contributed by atoms with Gasteiger partial charge in [0.1, 0.15) is 12.4 Å². The second-order valence-corrected chi connectivity index (χ2v) is 6.00. The van der Waals surface area contributed by atoms with Crippen molar-refractivity contribution in [2.24, 2.45) is 5.92 Å². The van der Waals surface area contributed by atoms with Gasteiger partial charge in [-0.15, -0.1) is 0 Å². The van der Waals surface area contributed by atoms with Gasteiger partial charge in [0.15, 0.2) is 0 Å². The lowest BCUT2D eigenvalue weighted by atomic mass is 10.2. The van der Waals surface area contributed by atoms with E-state index in [-0.39, 0.29) is 17.5 Å². The summed E-state index contributed by atoms with van der Waals surface area (Å²) in [5.41, 5.74) is 0. The van der Waals surface area contributed by atoms with Crippen molar-refractivity contribution in [2.75, 3.05) is 13.1 Å². The van der Waals surface area contributed by atoms with Crippen LogP contribution in [-0.2, 0) is 16.6 Å². The van der Waals surface area contributed by atoms with E-state index < -0.39 is 10.0 Å². The molecule has 1 unspecified atom stereocenters. The predicted molar refractivity (Wildman–Crippen MR) is 57.2 cm³/mol. The zero-order valence-corrected chi connectivity index (χ0v) is 9.90. The van der Waals surface area contributed by atoms with E-state index in [0.29, 0.717) is 19.0 Å². The fourth-order valence-corrected chi connectivity index (χ4v) is 3.33. The van der Waals surface area contributed by atoms with Crippen LogP contribution in [-0.4, -0.2) is 30.9 Å². The van der Waals surface area contributed by atoms with Crippen LogP contribution in [0.1, 0.15) is 19.1 Å². The lowest BCUT2D eigenvalue weighted by Crippen LogP contribution is -2.28. The van der Waals surface area contributed by atoms with E-state index in [2.05, 4.69) is 0 Å². The van der Waals surface area contributed by atoms with Crippen LogP contribution in [0.15, 0.2) is 21.6 Å². The highest BCUT2D eigenvalue weighted by Crippen LogP contribution is 2.25. The molecule has 90 valence electrons. The molecule has 1 aromatic rings. The Morgan fingerprint density at radius 1 is 1.56 bits per heavy atom. The summed E-state index contributed by atoms with van der Waals surface area (Å²) >= 11 is 0. The Morgan fingerprint density at radius 3 is 2.81 bits per heavy atom. The van der Waals surface area contributed by atoms with Gasteiger partial charge in [-0.2, -0.15) is 4.31 Å². The number of sulfonamides is 1. The van der Waals surface area contributed by atoms with Gasteiger partial charge in [-0.3, -0.25) is 0 Å². The topological polar surface area (TPSA) is 70.8 Å². The van der Waals surface area contributed by atoms with Crippen LogP contribution >= 0.6 is 0 Å². The van der Waals surface area contributed by atoms with Crippen molar-refractivity contribution in [3.05, 3.63) is 17.9 Å². The number of furan rings is 1. The van der Waals surface area contributed by atoms with Crippen LogP contribution in [0.5, 0.6) is 0 Å². The van der Waals surface area contributed by atoms with Crippen molar-refractivity contribution in [1.82, 2.24) is 4.31 Å². The highest BCUT2D eigenvalue weighted by Gasteiger charge is 2.32. The molecule has 1 aliphatic rings. The molecule has 2 heterocycles. The third-order valence-electron chi connectivity index (χ3n) is 2.77. The molecule has 0 spiro atoms. The minimum Gasteiger partial charge on any atom is -0.446 e. The first-order valence-corrected chi connectivity index (χ1v) is 6.68. The van der Waals surface area contributed by atoms with Crippen molar-refractivity contribution < 1.29 is 17.9 Å². The highest BCUT2D eigenvalue weighted by molar-refractivity contribution is 7.89. The van der Waals surface area contributed by atoms with E-state index >= 15 is 0 Å². The molecule has 6 heteroatoms. The Kier molecular flexibility index (Phi) is 3.05. The van der Waals surface area contributed by atoms with E-state index in [1.807, 2.05) is 6.92 Å². The lowest BCUT2D eigenvalue weighted by molar-refractivity contribution is 0.235. The normalized spacial score (nSPS) is 22.8. The van der Waals surface area contributed by atoms with Crippen molar-refractivity contribution in [3.8, 4) is 0 Å². The molecule has 0 radical (unpaired) electrons. The van der Waals surface area contributed by atoms with Crippen LogP contribution < -0.4 is 0 Å². The Hall–Kier alpha value is -0.850. The summed E-state index contributed by atoms with van der Waals surface area (Å²) in [5.74, 6) is 0.660. The van der Waals surface area contributed by atoms with E-state index in [1.54, 1.807) is 0 Å². The summed E-state index contributed by atoms with van der Waals surface area (Å²) in [7, 11) is -3.51. The molecule has 1 saturated heterocycles. The van der Waals surface area contributed by atoms with E-state index in [4.69, 9.17) is 9.52 Å². The number of nitrogens with zero attached hydrogens (tertiary/aromatic N) is 1. The van der Waals surface area contributed by atoms with Gasteiger partial charge in [-0.05, 0) is 24.5 Å². The summed E-state index contributed by atoms with van der Waals surface area (Å²) in [4.78, 5) is 0. The fraction of sp³-hybridized carbons (Fsp3) is 0.600. The number of aliphatic hydroxyl groups excluding tert-OH is 1. The van der Waals surface area contributed by atoms with Crippen LogP contribution in [0.2, 0.25) is 0 Å². The summed E-state index contributed by atoms with van der Waals surface area (Å²) < 4.78 is 30.6. The second-order valence-electron chi connectivity index (χ2n) is 4.14. The molecule has 0 aliphatic carbocycles. The van der Waals surface area contributed by atoms with Crippen LogP contribution in [0.25, 0.3) is 0 Å². The van der Waals surface area contributed by atoms with E-state index in [9.17, 15) is 8.42 Å². The molecule has 0 bridgehead atoms. The maximum atomic E-state index is 12.1. The minimum atomic E-state index is -3.51. The number of hydrogen-bond acceptors (Lipinski definition) is 4. The van der Waals surface area contributed by atoms with Gasteiger partial charge in [-0.25, -0.2) is 8.42 Å². The summed E-state index contributed by atoms with van der Waals surface area (Å²) in [6.45, 7) is 2.82. The van der Waals surface area contributed by atoms with Gasteiger partial charge in [0.25, 0.3) is 10.0 Å². The SMILES string of the molecule is CC1CCN(S(=O)(=O)c2ccc(CO)o2)C1. The summed E-state index contributed by atoms with van der Waals surface area (Å²) in [6.07, 6.45) is 0.882. The first-order chi connectivity index (χ1) is 7.54. The maximum Gasteiger partial charge on any atom is 0.276 e. The summed E-state index contributed by atoms with van der Waals surface area (Å²) in [5, 5.41) is 8.74. The molecule has 1 aromatic heterocycles. The molecule has 1 atom stereocenters. The third-order valence-corrected chi connectivity index (χ3v) is 4.51. The first kappa shape index (κ1) is 11.6. The molecular weight excluding hydrogens is 230 g/mol. The lowest BCUT2D eigenvalue weighted by Gasteiger charge is -2.13. The Labute approximate surface area is 94.7 Å². The third kappa shape index (κ3) is 2.00. The molecule has 0 aromatic carbocycles. The Balaban J connectivity index is 2.25. The average molecular weight is 245 g/mol. The van der Waals surface area contributed by atoms with Crippen molar-refractivity contribution in [3.63, 3.8) is 0 Å². The van der Waals surface area contributed by atoms with Crippen LogP contribution in [0.3, 0.4) is 0 Å². The zero-order chi connectivity index (χ0) is 11.8. The quantitative estimate of drug-likeness (QED) is 0.855. The van der Waals surface area contributed by atoms with Gasteiger partial charge in [0.2, 0.25) is 5.09 Å². The molecule has 1 aliphatic heterocycles. The van der Waals surface area contributed by atoms with Gasteiger partial charge in [-0.1, -0.05) is 6.92 Å². The van der Waals surface area contributed by atoms with Gasteiger partial charge in [0, 0.05) is 13.1 Å². The summed E-state index contributed by atoms with van der Waals surface area (Å²) in [6, 6.07) is 2.87. The fourth-order valence-electron chi connectivity index (χ4n) is 1.82. The number of hydrogen-bond donors (Lipinski definition) is 1. The second kappa shape index (κ2) is 4.20. The zero-order valence-electron chi connectivity index (χ0n) is 9.09. The standard InChI is InChI=1S/C10H15NO4S/c1-8-4-5-11(6-8)16(13,14)10-3-2-9(7-12)15-10/h2-3,8,12H,4-7H2,1H3. The van der Waals surface area contributed by atoms with Crippen LogP contribution in [0.4, 0.5) is 0 Å². The maximum absolute atomic E-state index is 12.1. The Morgan fingerprint density at radius 2 is 2.31 bits per heavy atom. The number of aliphatic hydroxyl groups is 1. The molecule has 16 heavy (non-hydrogen) atoms. The number of rotatable bonds is 3. The smallest absolute Gasteiger partial charge is 0.276 e. The molecule has 2 rings (SSSR count). The van der Waals surface area contributed by atoms with Crippen molar-refractivity contribution in [2.45, 2.75) is 25.0 Å². The molecule has 0 saturated carbocycles. The predicted octanol–water partition coefficient (Wildman–Crippen LogP) is 0.802. The van der Waals surface area contributed by atoms with E-state index in [1.165, 1.54) is 16.4 Å². The molecule has 1 N–H and O–H groups in total. The Bertz CT molecular complexity index is 465. The van der Waals surface area contributed by atoms with Gasteiger partial charge >= 0.3 is 0 Å².